The molecular formula is C16H30O3. The van der Waals surface area contributed by atoms with Gasteiger partial charge >= 0.3 is 5.97 Å². The van der Waals surface area contributed by atoms with Gasteiger partial charge in [0.25, 0.3) is 0 Å². The summed E-state index contributed by atoms with van der Waals surface area (Å²) in [5, 5.41) is 9.78. The van der Waals surface area contributed by atoms with E-state index in [2.05, 4.69) is 6.92 Å². The number of rotatable bonds is 12. The van der Waals surface area contributed by atoms with E-state index in [0.717, 1.165) is 12.8 Å². The topological polar surface area (TPSA) is 46.5 Å². The number of unbranched alkanes of at least 4 members (excludes halogenated alkanes) is 8. The Labute approximate surface area is 117 Å². The Morgan fingerprint density at radius 3 is 2.16 bits per heavy atom. The molecule has 19 heavy (non-hydrogen) atoms. The Kier molecular flexibility index (Phi) is 8.89. The summed E-state index contributed by atoms with van der Waals surface area (Å²) in [6, 6.07) is 0. The fourth-order valence-electron chi connectivity index (χ4n) is 2.61. The summed E-state index contributed by atoms with van der Waals surface area (Å²) in [4.78, 5) is 10.6. The molecule has 2 atom stereocenters. The standard InChI is InChI=1S/C16H30O3/c1-2-3-4-5-6-7-8-9-10-11-14(17)12-15-13-16(18)19-15/h14-15,17H,2-13H2,1H3. The lowest BCUT2D eigenvalue weighted by Gasteiger charge is -2.27. The van der Waals surface area contributed by atoms with Gasteiger partial charge < -0.3 is 9.84 Å². The Bertz CT molecular complexity index is 232. The number of ether oxygens (including phenoxy) is 1. The van der Waals surface area contributed by atoms with Crippen LogP contribution in [0.3, 0.4) is 0 Å². The quantitative estimate of drug-likeness (QED) is 0.431. The van der Waals surface area contributed by atoms with Crippen LogP contribution in [-0.2, 0) is 9.53 Å². The third-order valence-corrected chi connectivity index (χ3v) is 3.87. The summed E-state index contributed by atoms with van der Waals surface area (Å²) in [5.74, 6) is -0.125. The average molecular weight is 270 g/mol. The van der Waals surface area contributed by atoms with Crippen molar-refractivity contribution in [2.75, 3.05) is 0 Å². The van der Waals surface area contributed by atoms with E-state index in [1.807, 2.05) is 0 Å². The lowest BCUT2D eigenvalue weighted by atomic mass is 10.00. The van der Waals surface area contributed by atoms with Crippen molar-refractivity contribution in [3.05, 3.63) is 0 Å². The van der Waals surface area contributed by atoms with Crippen molar-refractivity contribution in [2.24, 2.45) is 0 Å². The molecule has 1 N–H and O–H groups in total. The van der Waals surface area contributed by atoms with E-state index in [0.29, 0.717) is 12.8 Å². The van der Waals surface area contributed by atoms with Gasteiger partial charge in [-0.1, -0.05) is 64.7 Å². The molecule has 0 aliphatic carbocycles. The predicted octanol–water partition coefficient (Wildman–Crippen LogP) is 3.97. The molecule has 0 aromatic heterocycles. The third kappa shape index (κ3) is 8.25. The molecule has 1 saturated heterocycles. The minimum atomic E-state index is -0.289. The molecule has 0 aromatic rings. The Balaban J connectivity index is 1.78. The second kappa shape index (κ2) is 10.2. The van der Waals surface area contributed by atoms with E-state index in [1.54, 1.807) is 0 Å². The van der Waals surface area contributed by atoms with Crippen LogP contribution in [0.1, 0.15) is 84.0 Å². The fourth-order valence-corrected chi connectivity index (χ4v) is 2.61. The first kappa shape index (κ1) is 16.5. The van der Waals surface area contributed by atoms with Gasteiger partial charge in [0.1, 0.15) is 6.10 Å². The molecule has 1 aliphatic heterocycles. The van der Waals surface area contributed by atoms with Gasteiger partial charge in [-0.25, -0.2) is 0 Å². The fraction of sp³-hybridized carbons (Fsp3) is 0.938. The molecule has 1 aliphatic rings. The molecule has 0 bridgehead atoms. The van der Waals surface area contributed by atoms with Gasteiger partial charge in [0.15, 0.2) is 0 Å². The first-order chi connectivity index (χ1) is 9.22. The van der Waals surface area contributed by atoms with Crippen LogP contribution in [-0.4, -0.2) is 23.3 Å². The molecule has 0 aromatic carbocycles. The maximum atomic E-state index is 10.6. The van der Waals surface area contributed by atoms with E-state index >= 15 is 0 Å². The summed E-state index contributed by atoms with van der Waals surface area (Å²) in [7, 11) is 0. The molecule has 1 fully saturated rings. The zero-order valence-corrected chi connectivity index (χ0v) is 12.4. The smallest absolute Gasteiger partial charge is 0.309 e. The number of aliphatic hydroxyl groups excluding tert-OH is 1. The summed E-state index contributed by atoms with van der Waals surface area (Å²) in [6.45, 7) is 2.25. The molecule has 2 unspecified atom stereocenters. The Morgan fingerprint density at radius 2 is 1.63 bits per heavy atom. The van der Waals surface area contributed by atoms with Crippen LogP contribution in [0, 0.1) is 0 Å². The zero-order valence-electron chi connectivity index (χ0n) is 12.4. The molecule has 1 rings (SSSR count). The van der Waals surface area contributed by atoms with E-state index in [9.17, 15) is 9.90 Å². The second-order valence-electron chi connectivity index (χ2n) is 5.82. The SMILES string of the molecule is CCCCCCCCCCCC(O)CC1CC(=O)O1. The zero-order chi connectivity index (χ0) is 13.9. The third-order valence-electron chi connectivity index (χ3n) is 3.87. The molecule has 3 nitrogen and oxygen atoms in total. The molecule has 0 radical (unpaired) electrons. The number of esters is 1. The van der Waals surface area contributed by atoms with Gasteiger partial charge in [0, 0.05) is 6.42 Å². The van der Waals surface area contributed by atoms with Crippen LogP contribution >= 0.6 is 0 Å². The van der Waals surface area contributed by atoms with Crippen LogP contribution in [0.25, 0.3) is 0 Å². The van der Waals surface area contributed by atoms with E-state index < -0.39 is 0 Å². The van der Waals surface area contributed by atoms with Crippen LogP contribution in [0.5, 0.6) is 0 Å². The van der Waals surface area contributed by atoms with Crippen molar-refractivity contribution in [3.63, 3.8) is 0 Å². The maximum Gasteiger partial charge on any atom is 0.309 e. The van der Waals surface area contributed by atoms with E-state index in [-0.39, 0.29) is 18.2 Å². The van der Waals surface area contributed by atoms with Gasteiger partial charge in [0.2, 0.25) is 0 Å². The van der Waals surface area contributed by atoms with Crippen molar-refractivity contribution in [3.8, 4) is 0 Å². The first-order valence-electron chi connectivity index (χ1n) is 8.10. The number of carbonyl (C=O) groups is 1. The van der Waals surface area contributed by atoms with Crippen LogP contribution in [0.4, 0.5) is 0 Å². The number of hydrogen-bond acceptors (Lipinski definition) is 3. The molecule has 112 valence electrons. The molecule has 0 saturated carbocycles. The maximum absolute atomic E-state index is 10.6. The minimum Gasteiger partial charge on any atom is -0.462 e. The molecule has 3 heteroatoms. The lowest BCUT2D eigenvalue weighted by molar-refractivity contribution is -0.171. The summed E-state index contributed by atoms with van der Waals surface area (Å²) in [6.07, 6.45) is 13.4. The highest BCUT2D eigenvalue weighted by atomic mass is 16.6. The van der Waals surface area contributed by atoms with E-state index in [4.69, 9.17) is 4.74 Å². The minimum absolute atomic E-state index is 0.0129. The highest BCUT2D eigenvalue weighted by Gasteiger charge is 2.29. The van der Waals surface area contributed by atoms with E-state index in [1.165, 1.54) is 51.4 Å². The van der Waals surface area contributed by atoms with Crippen molar-refractivity contribution >= 4 is 5.97 Å². The highest BCUT2D eigenvalue weighted by Crippen LogP contribution is 2.20. The second-order valence-corrected chi connectivity index (χ2v) is 5.82. The number of aliphatic hydroxyl groups is 1. The summed E-state index contributed by atoms with van der Waals surface area (Å²) < 4.78 is 4.90. The van der Waals surface area contributed by atoms with Gasteiger partial charge in [-0.3, -0.25) is 4.79 Å². The number of cyclic esters (lactones) is 1. The first-order valence-corrected chi connectivity index (χ1v) is 8.10. The monoisotopic (exact) mass is 270 g/mol. The molecule has 0 spiro atoms. The predicted molar refractivity (Wildman–Crippen MR) is 77.0 cm³/mol. The average Bonchev–Trinajstić information content (AvgIpc) is 2.35. The molecule has 0 amide bonds. The van der Waals surface area contributed by atoms with Crippen molar-refractivity contribution in [1.82, 2.24) is 0 Å². The summed E-state index contributed by atoms with van der Waals surface area (Å²) >= 11 is 0. The Hall–Kier alpha value is -0.570. The highest BCUT2D eigenvalue weighted by molar-refractivity contribution is 5.75. The molecule has 1 heterocycles. The normalized spacial score (nSPS) is 19.9. The summed E-state index contributed by atoms with van der Waals surface area (Å²) in [5.41, 5.74) is 0. The van der Waals surface area contributed by atoms with Crippen molar-refractivity contribution in [2.45, 2.75) is 96.2 Å². The Morgan fingerprint density at radius 1 is 1.11 bits per heavy atom. The van der Waals surface area contributed by atoms with Crippen LogP contribution < -0.4 is 0 Å². The van der Waals surface area contributed by atoms with Gasteiger partial charge in [-0.2, -0.15) is 0 Å². The van der Waals surface area contributed by atoms with Gasteiger partial charge in [0.05, 0.1) is 12.5 Å². The molecular weight excluding hydrogens is 240 g/mol. The number of carbonyl (C=O) groups excluding carboxylic acids is 1. The van der Waals surface area contributed by atoms with Gasteiger partial charge in [-0.15, -0.1) is 0 Å². The van der Waals surface area contributed by atoms with Crippen LogP contribution in [0.15, 0.2) is 0 Å². The van der Waals surface area contributed by atoms with Gasteiger partial charge in [-0.05, 0) is 6.42 Å². The van der Waals surface area contributed by atoms with Crippen molar-refractivity contribution < 1.29 is 14.6 Å². The largest absolute Gasteiger partial charge is 0.462 e. The van der Waals surface area contributed by atoms with Crippen LogP contribution in [0.2, 0.25) is 0 Å². The van der Waals surface area contributed by atoms with Crippen molar-refractivity contribution in [1.29, 1.82) is 0 Å². The lowest BCUT2D eigenvalue weighted by Crippen LogP contribution is -2.35. The number of hydrogen-bond donors (Lipinski definition) is 1.